The molecule has 0 fully saturated rings. The van der Waals surface area contributed by atoms with E-state index in [4.69, 9.17) is 0 Å². The van der Waals surface area contributed by atoms with E-state index in [9.17, 15) is 4.39 Å². The van der Waals surface area contributed by atoms with Crippen LogP contribution in [0.1, 0.15) is 12.5 Å². The summed E-state index contributed by atoms with van der Waals surface area (Å²) in [7, 11) is 0. The summed E-state index contributed by atoms with van der Waals surface area (Å²) in [5.41, 5.74) is 7.13. The SMILES string of the molecule is CCN1NNN=C1c1cnn(-c2ccc(F)cc2)c1S. The molecule has 104 valence electrons. The van der Waals surface area contributed by atoms with Crippen molar-refractivity contribution in [3.8, 4) is 5.69 Å². The van der Waals surface area contributed by atoms with Gasteiger partial charge in [0.25, 0.3) is 0 Å². The Balaban J connectivity index is 1.99. The minimum absolute atomic E-state index is 0.285. The molecule has 20 heavy (non-hydrogen) atoms. The van der Waals surface area contributed by atoms with Gasteiger partial charge >= 0.3 is 0 Å². The first kappa shape index (κ1) is 12.9. The van der Waals surface area contributed by atoms with Gasteiger partial charge < -0.3 is 0 Å². The quantitative estimate of drug-likeness (QED) is 0.747. The fraction of sp³-hybridized carbons (Fsp3) is 0.167. The Hall–Kier alpha value is -2.06. The predicted molar refractivity (Wildman–Crippen MR) is 76.0 cm³/mol. The van der Waals surface area contributed by atoms with Crippen LogP contribution in [0.4, 0.5) is 4.39 Å². The van der Waals surface area contributed by atoms with Crippen LogP contribution in [0.5, 0.6) is 0 Å². The van der Waals surface area contributed by atoms with Crippen LogP contribution in [-0.2, 0) is 0 Å². The standard InChI is InChI=1S/C12H13FN6S/c1-2-18-11(15-16-17-18)10-7-14-19(12(10)20)9-5-3-8(13)4-6-9/h3-7,16-17,20H,2H2,1H3. The van der Waals surface area contributed by atoms with Crippen molar-refractivity contribution in [3.63, 3.8) is 0 Å². The molecule has 2 aromatic rings. The van der Waals surface area contributed by atoms with E-state index in [1.807, 2.05) is 11.9 Å². The molecular weight excluding hydrogens is 279 g/mol. The summed E-state index contributed by atoms with van der Waals surface area (Å²) in [5.74, 6) is 0.429. The highest BCUT2D eigenvalue weighted by Gasteiger charge is 2.22. The highest BCUT2D eigenvalue weighted by molar-refractivity contribution is 7.80. The Kier molecular flexibility index (Phi) is 3.33. The Morgan fingerprint density at radius 1 is 1.30 bits per heavy atom. The van der Waals surface area contributed by atoms with Gasteiger partial charge in [-0.1, -0.05) is 0 Å². The molecule has 0 bridgehead atoms. The van der Waals surface area contributed by atoms with Crippen molar-refractivity contribution in [2.45, 2.75) is 11.9 Å². The highest BCUT2D eigenvalue weighted by Crippen LogP contribution is 2.21. The molecule has 0 unspecified atom stereocenters. The number of halogens is 1. The van der Waals surface area contributed by atoms with Crippen molar-refractivity contribution >= 4 is 18.5 Å². The number of hydrogen-bond donors (Lipinski definition) is 3. The second kappa shape index (κ2) is 5.14. The molecule has 0 amide bonds. The highest BCUT2D eigenvalue weighted by atomic mass is 32.1. The van der Waals surface area contributed by atoms with Gasteiger partial charge in [-0.3, -0.25) is 5.01 Å². The van der Waals surface area contributed by atoms with Crippen LogP contribution in [0.2, 0.25) is 0 Å². The molecule has 1 aliphatic rings. The van der Waals surface area contributed by atoms with Crippen molar-refractivity contribution in [2.24, 2.45) is 5.10 Å². The summed E-state index contributed by atoms with van der Waals surface area (Å²) >= 11 is 4.50. The number of aromatic nitrogens is 2. The Morgan fingerprint density at radius 2 is 2.05 bits per heavy atom. The van der Waals surface area contributed by atoms with Crippen LogP contribution in [0, 0.1) is 5.82 Å². The van der Waals surface area contributed by atoms with E-state index in [-0.39, 0.29) is 5.82 Å². The maximum Gasteiger partial charge on any atom is 0.177 e. The van der Waals surface area contributed by atoms with Crippen LogP contribution < -0.4 is 11.1 Å². The second-order valence-electron chi connectivity index (χ2n) is 4.17. The van der Waals surface area contributed by atoms with Gasteiger partial charge in [0.15, 0.2) is 5.84 Å². The first-order valence-electron chi connectivity index (χ1n) is 6.10. The van der Waals surface area contributed by atoms with E-state index in [1.165, 1.54) is 12.1 Å². The Labute approximate surface area is 120 Å². The van der Waals surface area contributed by atoms with E-state index in [0.29, 0.717) is 10.9 Å². The minimum atomic E-state index is -0.285. The molecule has 0 atom stereocenters. The number of nitrogens with one attached hydrogen (secondary N) is 2. The van der Waals surface area contributed by atoms with Gasteiger partial charge in [-0.05, 0) is 31.2 Å². The number of hydrazone groups is 1. The summed E-state index contributed by atoms with van der Waals surface area (Å²) in [6.45, 7) is 2.74. The lowest BCUT2D eigenvalue weighted by atomic mass is 10.3. The van der Waals surface area contributed by atoms with Crippen molar-refractivity contribution < 1.29 is 4.39 Å². The van der Waals surface area contributed by atoms with Crippen molar-refractivity contribution in [1.82, 2.24) is 25.9 Å². The molecule has 1 aromatic heterocycles. The molecule has 2 N–H and O–H groups in total. The molecular formula is C12H13FN6S. The molecule has 2 heterocycles. The average Bonchev–Trinajstić information content (AvgIpc) is 3.06. The number of amidine groups is 1. The van der Waals surface area contributed by atoms with Crippen molar-refractivity contribution in [1.29, 1.82) is 0 Å². The van der Waals surface area contributed by atoms with E-state index >= 15 is 0 Å². The van der Waals surface area contributed by atoms with Crippen molar-refractivity contribution in [2.75, 3.05) is 6.54 Å². The number of benzene rings is 1. The molecule has 8 heteroatoms. The lowest BCUT2D eigenvalue weighted by Gasteiger charge is -2.15. The minimum Gasteiger partial charge on any atom is -0.271 e. The molecule has 0 radical (unpaired) electrons. The predicted octanol–water partition coefficient (Wildman–Crippen LogP) is 1.31. The van der Waals surface area contributed by atoms with Gasteiger partial charge in [-0.25, -0.2) is 14.6 Å². The van der Waals surface area contributed by atoms with E-state index in [2.05, 4.69) is 33.9 Å². The monoisotopic (exact) mass is 292 g/mol. The molecule has 1 aliphatic heterocycles. The van der Waals surface area contributed by atoms with Gasteiger partial charge in [-0.15, -0.1) is 23.3 Å². The lowest BCUT2D eigenvalue weighted by Crippen LogP contribution is -2.40. The molecule has 0 saturated heterocycles. The van der Waals surface area contributed by atoms with Gasteiger partial charge in [-0.2, -0.15) is 5.10 Å². The number of thiol groups is 1. The van der Waals surface area contributed by atoms with Crippen LogP contribution in [0.25, 0.3) is 5.69 Å². The van der Waals surface area contributed by atoms with Gasteiger partial charge in [0, 0.05) is 6.54 Å². The maximum absolute atomic E-state index is 13.0. The van der Waals surface area contributed by atoms with E-state index < -0.39 is 0 Å². The van der Waals surface area contributed by atoms with Gasteiger partial charge in [0.2, 0.25) is 0 Å². The molecule has 1 aromatic carbocycles. The largest absolute Gasteiger partial charge is 0.271 e. The number of hydrogen-bond acceptors (Lipinski definition) is 6. The van der Waals surface area contributed by atoms with Crippen LogP contribution in [0.3, 0.4) is 0 Å². The lowest BCUT2D eigenvalue weighted by molar-refractivity contribution is 0.308. The number of nitrogens with zero attached hydrogens (tertiary/aromatic N) is 4. The normalized spacial score (nSPS) is 14.3. The zero-order valence-electron chi connectivity index (χ0n) is 10.7. The summed E-state index contributed by atoms with van der Waals surface area (Å²) in [5, 5.41) is 10.9. The van der Waals surface area contributed by atoms with Crippen LogP contribution in [0.15, 0.2) is 40.6 Å². The maximum atomic E-state index is 13.0. The third-order valence-electron chi connectivity index (χ3n) is 2.97. The first-order valence-corrected chi connectivity index (χ1v) is 6.54. The first-order chi connectivity index (χ1) is 9.70. The topological polar surface area (TPSA) is 57.5 Å². The van der Waals surface area contributed by atoms with E-state index in [0.717, 1.165) is 17.8 Å². The van der Waals surface area contributed by atoms with Crippen molar-refractivity contribution in [3.05, 3.63) is 41.8 Å². The van der Waals surface area contributed by atoms with Gasteiger partial charge in [0.1, 0.15) is 10.8 Å². The third kappa shape index (κ3) is 2.12. The fourth-order valence-corrected chi connectivity index (χ4v) is 2.28. The number of rotatable bonds is 3. The van der Waals surface area contributed by atoms with Crippen LogP contribution in [-0.4, -0.2) is 27.2 Å². The summed E-state index contributed by atoms with van der Waals surface area (Å²) in [4.78, 5) is 0. The van der Waals surface area contributed by atoms with E-state index in [1.54, 1.807) is 23.0 Å². The average molecular weight is 292 g/mol. The van der Waals surface area contributed by atoms with Crippen LogP contribution >= 0.6 is 12.6 Å². The molecule has 0 spiro atoms. The Morgan fingerprint density at radius 3 is 2.75 bits per heavy atom. The molecule has 6 nitrogen and oxygen atoms in total. The zero-order valence-corrected chi connectivity index (χ0v) is 11.6. The molecule has 0 saturated carbocycles. The summed E-state index contributed by atoms with van der Waals surface area (Å²) in [6.07, 6.45) is 1.68. The summed E-state index contributed by atoms with van der Waals surface area (Å²) < 4.78 is 14.6. The fourth-order valence-electron chi connectivity index (χ4n) is 1.96. The summed E-state index contributed by atoms with van der Waals surface area (Å²) in [6, 6.07) is 6.07. The zero-order chi connectivity index (χ0) is 14.1. The molecule has 0 aliphatic carbocycles. The smallest absolute Gasteiger partial charge is 0.177 e. The third-order valence-corrected chi connectivity index (χ3v) is 3.40. The van der Waals surface area contributed by atoms with Gasteiger partial charge in [0.05, 0.1) is 17.4 Å². The second-order valence-corrected chi connectivity index (χ2v) is 4.60. The number of hydrazine groups is 2. The molecule has 3 rings (SSSR count). The Bertz CT molecular complexity index is 650.